The van der Waals surface area contributed by atoms with Gasteiger partial charge >= 0.3 is 5.97 Å². The molecular weight excluding hydrogens is 389 g/mol. The van der Waals surface area contributed by atoms with Crippen molar-refractivity contribution in [2.75, 3.05) is 11.9 Å². The molecule has 4 rings (SSSR count). The van der Waals surface area contributed by atoms with Crippen molar-refractivity contribution < 1.29 is 18.7 Å². The Morgan fingerprint density at radius 1 is 1.13 bits per heavy atom. The van der Waals surface area contributed by atoms with E-state index >= 15 is 0 Å². The van der Waals surface area contributed by atoms with Gasteiger partial charge in [0.2, 0.25) is 0 Å². The number of rotatable bonds is 4. The van der Waals surface area contributed by atoms with Crippen LogP contribution >= 0.6 is 0 Å². The van der Waals surface area contributed by atoms with Gasteiger partial charge in [-0.25, -0.2) is 14.2 Å². The van der Waals surface area contributed by atoms with E-state index in [1.54, 1.807) is 10.6 Å². The van der Waals surface area contributed by atoms with Gasteiger partial charge in [-0.15, -0.1) is 0 Å². The number of carbonyl (C=O) groups excluding carboxylic acids is 2. The van der Waals surface area contributed by atoms with Crippen molar-refractivity contribution in [2.24, 2.45) is 0 Å². The van der Waals surface area contributed by atoms with Gasteiger partial charge in [0, 0.05) is 18.7 Å². The first-order valence-corrected chi connectivity index (χ1v) is 9.77. The van der Waals surface area contributed by atoms with Crippen LogP contribution < -0.4 is 10.9 Å². The summed E-state index contributed by atoms with van der Waals surface area (Å²) in [5, 5.41) is 2.90. The minimum Gasteiger partial charge on any atom is -0.452 e. The normalized spacial score (nSPS) is 13.4. The smallest absolute Gasteiger partial charge is 0.338 e. The molecule has 0 bridgehead atoms. The van der Waals surface area contributed by atoms with Gasteiger partial charge in [-0.1, -0.05) is 12.5 Å². The fourth-order valence-electron chi connectivity index (χ4n) is 3.52. The topological polar surface area (TPSA) is 90.3 Å². The van der Waals surface area contributed by atoms with E-state index in [0.717, 1.165) is 37.6 Å². The Kier molecular flexibility index (Phi) is 5.56. The lowest BCUT2D eigenvalue weighted by atomic mass is 10.1. The van der Waals surface area contributed by atoms with E-state index in [1.165, 1.54) is 30.3 Å². The molecule has 0 unspecified atom stereocenters. The van der Waals surface area contributed by atoms with Crippen molar-refractivity contribution in [2.45, 2.75) is 32.2 Å². The molecule has 7 nitrogen and oxygen atoms in total. The van der Waals surface area contributed by atoms with Crippen LogP contribution in [0.2, 0.25) is 0 Å². The molecule has 1 aromatic heterocycles. The van der Waals surface area contributed by atoms with Crippen LogP contribution in [0.4, 0.5) is 10.1 Å². The monoisotopic (exact) mass is 409 g/mol. The summed E-state index contributed by atoms with van der Waals surface area (Å²) < 4.78 is 19.9. The molecule has 0 fully saturated rings. The van der Waals surface area contributed by atoms with Crippen LogP contribution in [0.1, 0.15) is 35.4 Å². The average Bonchev–Trinajstić information content (AvgIpc) is 2.97. The van der Waals surface area contributed by atoms with Crippen molar-refractivity contribution >= 4 is 28.5 Å². The maximum Gasteiger partial charge on any atom is 0.338 e. The van der Waals surface area contributed by atoms with E-state index in [0.29, 0.717) is 17.4 Å². The molecule has 30 heavy (non-hydrogen) atoms. The van der Waals surface area contributed by atoms with Gasteiger partial charge in [0.05, 0.1) is 16.5 Å². The molecule has 2 heterocycles. The van der Waals surface area contributed by atoms with Gasteiger partial charge in [0.1, 0.15) is 11.6 Å². The maximum atomic E-state index is 13.2. The van der Waals surface area contributed by atoms with Crippen molar-refractivity contribution in [3.8, 4) is 0 Å². The lowest BCUT2D eigenvalue weighted by Crippen LogP contribution is -2.25. The third-order valence-corrected chi connectivity index (χ3v) is 4.99. The molecule has 1 amide bonds. The summed E-state index contributed by atoms with van der Waals surface area (Å²) >= 11 is 0. The number of hydrogen-bond acceptors (Lipinski definition) is 5. The molecule has 0 saturated carbocycles. The number of aromatic nitrogens is 2. The summed E-state index contributed by atoms with van der Waals surface area (Å²) in [7, 11) is 0. The second-order valence-corrected chi connectivity index (χ2v) is 7.16. The number of aryl methyl sites for hydroxylation is 1. The predicted octanol–water partition coefficient (Wildman–Crippen LogP) is 3.06. The number of hydrogen-bond donors (Lipinski definition) is 1. The van der Waals surface area contributed by atoms with Crippen LogP contribution in [-0.2, 0) is 22.5 Å². The number of ether oxygens (including phenoxy) is 1. The number of benzene rings is 2. The van der Waals surface area contributed by atoms with Crippen molar-refractivity contribution in [1.29, 1.82) is 0 Å². The largest absolute Gasteiger partial charge is 0.452 e. The molecule has 1 N–H and O–H groups in total. The average molecular weight is 409 g/mol. The summed E-state index contributed by atoms with van der Waals surface area (Å²) in [6, 6.07) is 9.97. The third kappa shape index (κ3) is 4.22. The van der Waals surface area contributed by atoms with E-state index in [-0.39, 0.29) is 16.8 Å². The lowest BCUT2D eigenvalue weighted by Gasteiger charge is -2.11. The second-order valence-electron chi connectivity index (χ2n) is 7.16. The summed E-state index contributed by atoms with van der Waals surface area (Å²) in [5.41, 5.74) is 0.803. The van der Waals surface area contributed by atoms with Crippen LogP contribution in [0.3, 0.4) is 0 Å². The molecule has 2 aromatic carbocycles. The zero-order chi connectivity index (χ0) is 21.1. The Morgan fingerprint density at radius 2 is 2.00 bits per heavy atom. The predicted molar refractivity (Wildman–Crippen MR) is 109 cm³/mol. The molecule has 3 aromatic rings. The molecule has 1 aliphatic rings. The first-order chi connectivity index (χ1) is 14.5. The fourth-order valence-corrected chi connectivity index (χ4v) is 3.52. The Morgan fingerprint density at radius 3 is 2.83 bits per heavy atom. The molecule has 0 saturated heterocycles. The Balaban J connectivity index is 1.48. The van der Waals surface area contributed by atoms with Crippen LogP contribution in [0.15, 0.2) is 47.3 Å². The van der Waals surface area contributed by atoms with Gasteiger partial charge < -0.3 is 10.1 Å². The van der Waals surface area contributed by atoms with Crippen LogP contribution in [0.5, 0.6) is 0 Å². The number of halogens is 1. The zero-order valence-electron chi connectivity index (χ0n) is 16.2. The molecule has 8 heteroatoms. The van der Waals surface area contributed by atoms with E-state index in [1.807, 2.05) is 0 Å². The van der Waals surface area contributed by atoms with E-state index in [4.69, 9.17) is 4.74 Å². The van der Waals surface area contributed by atoms with Gasteiger partial charge in [-0.2, -0.15) is 0 Å². The van der Waals surface area contributed by atoms with Crippen molar-refractivity contribution in [3.63, 3.8) is 0 Å². The van der Waals surface area contributed by atoms with Gasteiger partial charge in [0.15, 0.2) is 6.61 Å². The van der Waals surface area contributed by atoms with E-state index < -0.39 is 24.3 Å². The van der Waals surface area contributed by atoms with Crippen molar-refractivity contribution in [1.82, 2.24) is 9.55 Å². The highest BCUT2D eigenvalue weighted by atomic mass is 19.1. The SMILES string of the molecule is O=C(COC(=O)c1ccc2c(=O)n3c(nc2c1)CCCCC3)Nc1cccc(F)c1. The summed E-state index contributed by atoms with van der Waals surface area (Å²) in [5.74, 6) is -1.05. The highest BCUT2D eigenvalue weighted by molar-refractivity contribution is 5.97. The molecule has 0 spiro atoms. The quantitative estimate of drug-likeness (QED) is 0.669. The molecule has 1 aliphatic heterocycles. The summed E-state index contributed by atoms with van der Waals surface area (Å²) in [4.78, 5) is 41.6. The maximum absolute atomic E-state index is 13.2. The minimum atomic E-state index is -0.705. The highest BCUT2D eigenvalue weighted by Crippen LogP contribution is 2.17. The third-order valence-electron chi connectivity index (χ3n) is 4.99. The molecular formula is C22H20FN3O4. The number of amides is 1. The standard InChI is InChI=1S/C22H20FN3O4/c23-15-5-4-6-16(12-15)24-20(27)13-30-22(29)14-8-9-17-18(11-14)25-19-7-2-1-3-10-26(19)21(17)28/h4-6,8-9,11-12H,1-3,7,10,13H2,(H,24,27). The number of carbonyl (C=O) groups is 2. The lowest BCUT2D eigenvalue weighted by molar-refractivity contribution is -0.119. The zero-order valence-corrected chi connectivity index (χ0v) is 16.2. The van der Waals surface area contributed by atoms with Crippen molar-refractivity contribution in [3.05, 3.63) is 70.0 Å². The molecule has 0 aliphatic carbocycles. The highest BCUT2D eigenvalue weighted by Gasteiger charge is 2.16. The molecule has 154 valence electrons. The Hall–Kier alpha value is -3.55. The van der Waals surface area contributed by atoms with Crippen LogP contribution in [-0.4, -0.2) is 28.0 Å². The fraction of sp³-hybridized carbons (Fsp3) is 0.273. The second kappa shape index (κ2) is 8.44. The minimum absolute atomic E-state index is 0.105. The van der Waals surface area contributed by atoms with Gasteiger partial charge in [0.25, 0.3) is 11.5 Å². The van der Waals surface area contributed by atoms with Crippen LogP contribution in [0.25, 0.3) is 10.9 Å². The van der Waals surface area contributed by atoms with E-state index in [9.17, 15) is 18.8 Å². The number of fused-ring (bicyclic) bond motifs is 2. The number of anilines is 1. The summed E-state index contributed by atoms with van der Waals surface area (Å²) in [6.07, 6.45) is 3.69. The number of nitrogens with one attached hydrogen (secondary N) is 1. The van der Waals surface area contributed by atoms with Gasteiger partial charge in [-0.05, 0) is 49.2 Å². The van der Waals surface area contributed by atoms with E-state index in [2.05, 4.69) is 10.3 Å². The number of esters is 1. The first kappa shape index (κ1) is 19.8. The molecule has 0 atom stereocenters. The summed E-state index contributed by atoms with van der Waals surface area (Å²) in [6.45, 7) is 0.134. The number of nitrogens with zero attached hydrogens (tertiary/aromatic N) is 2. The van der Waals surface area contributed by atoms with Gasteiger partial charge in [-0.3, -0.25) is 14.2 Å². The Bertz CT molecular complexity index is 1190. The molecule has 0 radical (unpaired) electrons. The van der Waals surface area contributed by atoms with Crippen LogP contribution in [0, 0.1) is 5.82 Å². The first-order valence-electron chi connectivity index (χ1n) is 9.77. The Labute approximate surface area is 171 Å².